The van der Waals surface area contributed by atoms with E-state index in [-0.39, 0.29) is 30.5 Å². The third-order valence-electron chi connectivity index (χ3n) is 3.33. The summed E-state index contributed by atoms with van der Waals surface area (Å²) in [6, 6.07) is 0.0351. The van der Waals surface area contributed by atoms with Crippen LogP contribution in [0.4, 0.5) is 0 Å². The van der Waals surface area contributed by atoms with Gasteiger partial charge in [-0.2, -0.15) is 0 Å². The molecule has 0 saturated carbocycles. The minimum Gasteiger partial charge on any atom is -0.481 e. The van der Waals surface area contributed by atoms with Gasteiger partial charge in [-0.05, 0) is 19.3 Å². The van der Waals surface area contributed by atoms with E-state index in [1.54, 1.807) is 6.92 Å². The van der Waals surface area contributed by atoms with Crippen LogP contribution in [0.3, 0.4) is 0 Å². The molecule has 1 aliphatic heterocycles. The van der Waals surface area contributed by atoms with Crippen molar-refractivity contribution in [2.75, 3.05) is 18.8 Å². The van der Waals surface area contributed by atoms with Crippen LogP contribution in [0.15, 0.2) is 0 Å². The monoisotopic (exact) mass is 306 g/mol. The van der Waals surface area contributed by atoms with E-state index in [1.165, 1.54) is 4.31 Å². The number of hydrogen-bond donors (Lipinski definition) is 2. The van der Waals surface area contributed by atoms with E-state index >= 15 is 0 Å². The number of carboxylic acid groups (broad SMARTS) is 1. The first-order chi connectivity index (χ1) is 9.35. The summed E-state index contributed by atoms with van der Waals surface area (Å²) in [7, 11) is -3.38. The van der Waals surface area contributed by atoms with Gasteiger partial charge in [-0.1, -0.05) is 6.92 Å². The fourth-order valence-corrected chi connectivity index (χ4v) is 3.68. The molecule has 0 atom stereocenters. The van der Waals surface area contributed by atoms with Gasteiger partial charge in [0.25, 0.3) is 0 Å². The molecule has 1 saturated heterocycles. The standard InChI is InChI=1S/C12H22N2O5S/c1-2-11(15)13-10-5-7-14(8-6-10)20(18,19)9-3-4-12(16)17/h10H,2-9H2,1H3,(H,13,15)(H,16,17). The van der Waals surface area contributed by atoms with Crippen molar-refractivity contribution in [3.05, 3.63) is 0 Å². The highest BCUT2D eigenvalue weighted by atomic mass is 32.2. The SMILES string of the molecule is CCC(=O)NC1CCN(S(=O)(=O)CCCC(=O)O)CC1. The second-order valence-corrected chi connectivity index (χ2v) is 7.00. The zero-order valence-electron chi connectivity index (χ0n) is 11.7. The predicted octanol–water partition coefficient (Wildman–Crippen LogP) is 0.172. The molecule has 0 unspecified atom stereocenters. The quantitative estimate of drug-likeness (QED) is 0.698. The number of aliphatic carboxylic acids is 1. The molecule has 0 radical (unpaired) electrons. The zero-order valence-corrected chi connectivity index (χ0v) is 12.5. The van der Waals surface area contributed by atoms with E-state index in [9.17, 15) is 18.0 Å². The Labute approximate surface area is 119 Å². The molecule has 0 aromatic heterocycles. The van der Waals surface area contributed by atoms with Crippen molar-refractivity contribution in [1.82, 2.24) is 9.62 Å². The van der Waals surface area contributed by atoms with Crippen LogP contribution in [0.1, 0.15) is 39.0 Å². The molecule has 1 rings (SSSR count). The average Bonchev–Trinajstić information content (AvgIpc) is 2.38. The summed E-state index contributed by atoms with van der Waals surface area (Å²) in [5.74, 6) is -1.14. The van der Waals surface area contributed by atoms with Crippen LogP contribution < -0.4 is 5.32 Å². The minimum atomic E-state index is -3.38. The molecule has 1 amide bonds. The molecule has 0 spiro atoms. The van der Waals surface area contributed by atoms with Crippen molar-refractivity contribution in [1.29, 1.82) is 0 Å². The summed E-state index contributed by atoms with van der Waals surface area (Å²) in [6.45, 7) is 2.53. The van der Waals surface area contributed by atoms with Gasteiger partial charge in [0.15, 0.2) is 0 Å². The first-order valence-electron chi connectivity index (χ1n) is 6.84. The Kier molecular flexibility index (Phi) is 6.41. The smallest absolute Gasteiger partial charge is 0.303 e. The van der Waals surface area contributed by atoms with Gasteiger partial charge >= 0.3 is 5.97 Å². The van der Waals surface area contributed by atoms with E-state index in [0.29, 0.717) is 32.4 Å². The highest BCUT2D eigenvalue weighted by Crippen LogP contribution is 2.15. The fourth-order valence-electron chi connectivity index (χ4n) is 2.14. The second kappa shape index (κ2) is 7.58. The van der Waals surface area contributed by atoms with Crippen molar-refractivity contribution in [2.45, 2.75) is 45.1 Å². The largest absolute Gasteiger partial charge is 0.481 e. The molecular formula is C12H22N2O5S. The maximum atomic E-state index is 12.0. The lowest BCUT2D eigenvalue weighted by molar-refractivity contribution is -0.137. The van der Waals surface area contributed by atoms with Crippen molar-refractivity contribution in [3.8, 4) is 0 Å². The molecule has 0 bridgehead atoms. The van der Waals surface area contributed by atoms with Gasteiger partial charge in [-0.15, -0.1) is 0 Å². The van der Waals surface area contributed by atoms with Crippen molar-refractivity contribution >= 4 is 21.9 Å². The average molecular weight is 306 g/mol. The molecule has 0 aliphatic carbocycles. The zero-order chi connectivity index (χ0) is 15.2. The minimum absolute atomic E-state index is 0.0206. The van der Waals surface area contributed by atoms with E-state index in [4.69, 9.17) is 5.11 Å². The van der Waals surface area contributed by atoms with Gasteiger partial charge in [0.2, 0.25) is 15.9 Å². The molecule has 0 aromatic carbocycles. The fraction of sp³-hybridized carbons (Fsp3) is 0.833. The van der Waals surface area contributed by atoms with E-state index in [0.717, 1.165) is 0 Å². The van der Waals surface area contributed by atoms with Gasteiger partial charge in [0, 0.05) is 32.0 Å². The number of piperidine rings is 1. The number of carbonyl (C=O) groups is 2. The highest BCUT2D eigenvalue weighted by molar-refractivity contribution is 7.89. The van der Waals surface area contributed by atoms with Crippen LogP contribution in [0.25, 0.3) is 0 Å². The van der Waals surface area contributed by atoms with Crippen LogP contribution >= 0.6 is 0 Å². The van der Waals surface area contributed by atoms with Crippen LogP contribution in [0, 0.1) is 0 Å². The molecule has 1 fully saturated rings. The Morgan fingerprint density at radius 2 is 1.90 bits per heavy atom. The second-order valence-electron chi connectivity index (χ2n) is 4.91. The summed E-state index contributed by atoms with van der Waals surface area (Å²) in [5.41, 5.74) is 0. The molecule has 1 heterocycles. The maximum Gasteiger partial charge on any atom is 0.303 e. The lowest BCUT2D eigenvalue weighted by Crippen LogP contribution is -2.46. The number of rotatable bonds is 7. The first kappa shape index (κ1) is 16.9. The number of nitrogens with one attached hydrogen (secondary N) is 1. The molecule has 7 nitrogen and oxygen atoms in total. The topological polar surface area (TPSA) is 104 Å². The van der Waals surface area contributed by atoms with E-state index in [2.05, 4.69) is 5.32 Å². The molecule has 1 aliphatic rings. The third kappa shape index (κ3) is 5.46. The van der Waals surface area contributed by atoms with Crippen LogP contribution in [0.5, 0.6) is 0 Å². The van der Waals surface area contributed by atoms with Crippen LogP contribution in [-0.2, 0) is 19.6 Å². The molecule has 116 valence electrons. The van der Waals surface area contributed by atoms with Crippen molar-refractivity contribution in [3.63, 3.8) is 0 Å². The number of hydrogen-bond acceptors (Lipinski definition) is 4. The number of sulfonamides is 1. The highest BCUT2D eigenvalue weighted by Gasteiger charge is 2.28. The molecule has 8 heteroatoms. The Morgan fingerprint density at radius 3 is 2.40 bits per heavy atom. The van der Waals surface area contributed by atoms with E-state index < -0.39 is 16.0 Å². The lowest BCUT2D eigenvalue weighted by atomic mass is 10.1. The number of carboxylic acids is 1. The Bertz CT molecular complexity index is 441. The maximum absolute atomic E-state index is 12.0. The lowest BCUT2D eigenvalue weighted by Gasteiger charge is -2.31. The van der Waals surface area contributed by atoms with Gasteiger partial charge < -0.3 is 10.4 Å². The Morgan fingerprint density at radius 1 is 1.30 bits per heavy atom. The van der Waals surface area contributed by atoms with Gasteiger partial charge in [-0.25, -0.2) is 12.7 Å². The molecular weight excluding hydrogens is 284 g/mol. The summed E-state index contributed by atoms with van der Waals surface area (Å²) in [6.07, 6.45) is 1.62. The number of amides is 1. The van der Waals surface area contributed by atoms with Crippen LogP contribution in [-0.4, -0.2) is 54.6 Å². The number of carbonyl (C=O) groups excluding carboxylic acids is 1. The third-order valence-corrected chi connectivity index (χ3v) is 5.28. The Hall–Kier alpha value is -1.15. The van der Waals surface area contributed by atoms with Crippen LogP contribution in [0.2, 0.25) is 0 Å². The summed E-state index contributed by atoms with van der Waals surface area (Å²) < 4.78 is 25.4. The molecule has 0 aromatic rings. The Balaban J connectivity index is 2.39. The summed E-state index contributed by atoms with van der Waals surface area (Å²) in [4.78, 5) is 21.7. The molecule has 20 heavy (non-hydrogen) atoms. The summed E-state index contributed by atoms with van der Waals surface area (Å²) in [5, 5.41) is 11.4. The van der Waals surface area contributed by atoms with Gasteiger partial charge in [0.05, 0.1) is 5.75 Å². The first-order valence-corrected chi connectivity index (χ1v) is 8.45. The summed E-state index contributed by atoms with van der Waals surface area (Å²) >= 11 is 0. The van der Waals surface area contributed by atoms with E-state index in [1.807, 2.05) is 0 Å². The van der Waals surface area contributed by atoms with Gasteiger partial charge in [0.1, 0.15) is 0 Å². The normalized spacial score (nSPS) is 17.9. The van der Waals surface area contributed by atoms with Gasteiger partial charge in [-0.3, -0.25) is 9.59 Å². The van der Waals surface area contributed by atoms with Crippen molar-refractivity contribution in [2.24, 2.45) is 0 Å². The van der Waals surface area contributed by atoms with Crippen molar-refractivity contribution < 1.29 is 23.1 Å². The number of nitrogens with zero attached hydrogens (tertiary/aromatic N) is 1. The molecule has 2 N–H and O–H groups in total. The predicted molar refractivity (Wildman–Crippen MR) is 73.7 cm³/mol.